The number of rotatable bonds is 4. The number of pyridine rings is 1. The van der Waals surface area contributed by atoms with E-state index in [4.69, 9.17) is 14.2 Å². The van der Waals surface area contributed by atoms with Gasteiger partial charge < -0.3 is 19.5 Å². The number of benzene rings is 4. The highest BCUT2D eigenvalue weighted by Crippen LogP contribution is 2.52. The summed E-state index contributed by atoms with van der Waals surface area (Å²) in [7, 11) is 1.34. The van der Waals surface area contributed by atoms with Crippen LogP contribution in [0.1, 0.15) is 34.9 Å². The van der Waals surface area contributed by atoms with Crippen molar-refractivity contribution in [2.45, 2.75) is 18.3 Å². The van der Waals surface area contributed by atoms with Crippen LogP contribution in [0.5, 0.6) is 11.5 Å². The number of ether oxygens (including phenoxy) is 3. The van der Waals surface area contributed by atoms with Gasteiger partial charge in [-0.2, -0.15) is 0 Å². The van der Waals surface area contributed by atoms with Gasteiger partial charge >= 0.3 is 5.97 Å². The third-order valence-electron chi connectivity index (χ3n) is 9.02. The van der Waals surface area contributed by atoms with Gasteiger partial charge in [-0.1, -0.05) is 66.7 Å². The molecule has 0 saturated carbocycles. The molecule has 3 aliphatic rings. The van der Waals surface area contributed by atoms with Gasteiger partial charge in [0, 0.05) is 34.7 Å². The van der Waals surface area contributed by atoms with Crippen molar-refractivity contribution in [3.63, 3.8) is 0 Å². The Morgan fingerprint density at radius 1 is 0.864 bits per heavy atom. The van der Waals surface area contributed by atoms with Crippen LogP contribution in [-0.4, -0.2) is 30.6 Å². The molecule has 3 atom stereocenters. The third kappa shape index (κ3) is 4.15. The molecule has 0 saturated heterocycles. The highest BCUT2D eigenvalue weighted by Gasteiger charge is 2.48. The number of allylic oxidation sites excluding steroid dienone is 2. The van der Waals surface area contributed by atoms with Crippen LogP contribution in [0.3, 0.4) is 0 Å². The Labute approximate surface area is 254 Å². The van der Waals surface area contributed by atoms with Gasteiger partial charge in [0.2, 0.25) is 6.79 Å². The molecule has 1 N–H and O–H groups in total. The van der Waals surface area contributed by atoms with E-state index in [1.807, 2.05) is 60.7 Å². The van der Waals surface area contributed by atoms with Crippen LogP contribution in [0.15, 0.2) is 115 Å². The van der Waals surface area contributed by atoms with Crippen molar-refractivity contribution >= 4 is 28.3 Å². The minimum Gasteiger partial charge on any atom is -0.468 e. The van der Waals surface area contributed by atoms with E-state index in [9.17, 15) is 9.59 Å². The van der Waals surface area contributed by atoms with Crippen LogP contribution < -0.4 is 14.8 Å². The van der Waals surface area contributed by atoms with Crippen molar-refractivity contribution in [1.29, 1.82) is 0 Å². The summed E-state index contributed by atoms with van der Waals surface area (Å²) in [4.78, 5) is 32.6. The summed E-state index contributed by atoms with van der Waals surface area (Å²) in [5.74, 6) is -1.37. The standard InChI is InChI=1S/C37H28N2O5/c1-42-37(41)33-27(24-13-16-30-31(18-24)44-20-43-30)19-29-34(36(33)40)32(23-11-9-22(10-12-23)21-6-3-2-4-7-21)26-14-15-28-25(35(26)39-29)8-5-17-38-28/h2-18,27,32-33,39H,19-20H2,1H3. The van der Waals surface area contributed by atoms with E-state index < -0.39 is 17.8 Å². The number of ketones is 1. The molecule has 3 heterocycles. The molecule has 0 bridgehead atoms. The lowest BCUT2D eigenvalue weighted by Crippen LogP contribution is -2.40. The van der Waals surface area contributed by atoms with Crippen LogP contribution in [0.2, 0.25) is 0 Å². The van der Waals surface area contributed by atoms with E-state index >= 15 is 0 Å². The summed E-state index contributed by atoms with van der Waals surface area (Å²) in [5.41, 5.74) is 8.17. The summed E-state index contributed by atoms with van der Waals surface area (Å²) in [6.07, 6.45) is 2.22. The topological polar surface area (TPSA) is 86.8 Å². The summed E-state index contributed by atoms with van der Waals surface area (Å²) in [6.45, 7) is 0.141. The molecule has 1 aliphatic carbocycles. The number of methoxy groups -OCH3 is 1. The molecule has 0 fully saturated rings. The predicted octanol–water partition coefficient (Wildman–Crippen LogP) is 6.99. The summed E-state index contributed by atoms with van der Waals surface area (Å²) in [5, 5.41) is 4.63. The number of nitrogens with one attached hydrogen (secondary N) is 1. The first kappa shape index (κ1) is 26.2. The van der Waals surface area contributed by atoms with Crippen LogP contribution in [0.25, 0.3) is 22.0 Å². The van der Waals surface area contributed by atoms with Crippen molar-refractivity contribution in [3.8, 4) is 22.6 Å². The first-order valence-corrected chi connectivity index (χ1v) is 14.7. The van der Waals surface area contributed by atoms with Crippen molar-refractivity contribution in [3.05, 3.63) is 131 Å². The Morgan fingerprint density at radius 2 is 1.64 bits per heavy atom. The van der Waals surface area contributed by atoms with E-state index in [0.29, 0.717) is 23.5 Å². The van der Waals surface area contributed by atoms with Gasteiger partial charge in [-0.25, -0.2) is 0 Å². The zero-order valence-corrected chi connectivity index (χ0v) is 23.9. The van der Waals surface area contributed by atoms with Crippen LogP contribution in [0.4, 0.5) is 5.69 Å². The van der Waals surface area contributed by atoms with E-state index in [0.717, 1.165) is 50.1 Å². The molecule has 4 aromatic carbocycles. The number of carbonyl (C=O) groups is 2. The molecular formula is C37H28N2O5. The number of anilines is 1. The minimum atomic E-state index is -1.00. The highest BCUT2D eigenvalue weighted by atomic mass is 16.7. The maximum Gasteiger partial charge on any atom is 0.317 e. The average molecular weight is 581 g/mol. The molecule has 8 rings (SSSR count). The van der Waals surface area contributed by atoms with E-state index in [2.05, 4.69) is 46.7 Å². The summed E-state index contributed by atoms with van der Waals surface area (Å²) in [6, 6.07) is 32.2. The first-order chi connectivity index (χ1) is 21.6. The number of hydrogen-bond acceptors (Lipinski definition) is 7. The lowest BCUT2D eigenvalue weighted by atomic mass is 9.67. The van der Waals surface area contributed by atoms with Crippen molar-refractivity contribution in [1.82, 2.24) is 4.98 Å². The number of fused-ring (bicyclic) bond motifs is 4. The second-order valence-corrected chi connectivity index (χ2v) is 11.3. The molecule has 5 aromatic rings. The van der Waals surface area contributed by atoms with Crippen LogP contribution >= 0.6 is 0 Å². The summed E-state index contributed by atoms with van der Waals surface area (Å²) >= 11 is 0. The van der Waals surface area contributed by atoms with Crippen LogP contribution in [-0.2, 0) is 14.3 Å². The van der Waals surface area contributed by atoms with Crippen molar-refractivity contribution in [2.75, 3.05) is 19.2 Å². The molecule has 216 valence electrons. The molecule has 0 amide bonds. The van der Waals surface area contributed by atoms with Gasteiger partial charge in [-0.3, -0.25) is 14.6 Å². The Kier molecular flexibility index (Phi) is 6.19. The third-order valence-corrected chi connectivity index (χ3v) is 9.02. The molecule has 44 heavy (non-hydrogen) atoms. The molecule has 0 spiro atoms. The van der Waals surface area contributed by atoms with Crippen molar-refractivity contribution < 1.29 is 23.8 Å². The van der Waals surface area contributed by atoms with Crippen molar-refractivity contribution in [2.24, 2.45) is 5.92 Å². The first-order valence-electron chi connectivity index (χ1n) is 14.7. The number of aromatic nitrogens is 1. The van der Waals surface area contributed by atoms with Gasteiger partial charge in [0.05, 0.1) is 18.3 Å². The number of nitrogens with zero attached hydrogens (tertiary/aromatic N) is 1. The number of esters is 1. The average Bonchev–Trinajstić information content (AvgIpc) is 3.55. The van der Waals surface area contributed by atoms with E-state index in [1.54, 1.807) is 6.20 Å². The quantitative estimate of drug-likeness (QED) is 0.181. The number of Topliss-reactive ketones (excluding diaryl/α,β-unsaturated/α-hetero) is 1. The second-order valence-electron chi connectivity index (χ2n) is 11.3. The Bertz CT molecular complexity index is 1980. The Hall–Kier alpha value is -5.43. The zero-order chi connectivity index (χ0) is 29.8. The lowest BCUT2D eigenvalue weighted by molar-refractivity contribution is -0.149. The van der Waals surface area contributed by atoms with Crippen LogP contribution in [0, 0.1) is 5.92 Å². The number of hydrogen-bond donors (Lipinski definition) is 1. The fourth-order valence-electron chi connectivity index (χ4n) is 6.93. The van der Waals surface area contributed by atoms with Gasteiger partial charge in [0.25, 0.3) is 0 Å². The fraction of sp³-hybridized carbons (Fsp3) is 0.162. The Balaban J connectivity index is 1.30. The normalized spacial score (nSPS) is 20.1. The molecular weight excluding hydrogens is 552 g/mol. The largest absolute Gasteiger partial charge is 0.468 e. The monoisotopic (exact) mass is 580 g/mol. The van der Waals surface area contributed by atoms with Gasteiger partial charge in [-0.05, 0) is 64.6 Å². The maximum atomic E-state index is 14.7. The SMILES string of the molecule is COC(=O)C1C(=O)C2=C(CC1c1ccc3c(c1)OCO3)Nc1c(ccc3ncccc13)C2c1ccc(-c2ccccc2)cc1. The summed E-state index contributed by atoms with van der Waals surface area (Å²) < 4.78 is 16.4. The van der Waals surface area contributed by atoms with Gasteiger partial charge in [0.15, 0.2) is 17.3 Å². The van der Waals surface area contributed by atoms with Gasteiger partial charge in [-0.15, -0.1) is 0 Å². The fourth-order valence-corrected chi connectivity index (χ4v) is 6.93. The smallest absolute Gasteiger partial charge is 0.317 e. The molecule has 0 radical (unpaired) electrons. The van der Waals surface area contributed by atoms with E-state index in [1.165, 1.54) is 7.11 Å². The second kappa shape index (κ2) is 10.4. The minimum absolute atomic E-state index is 0.141. The molecule has 7 nitrogen and oxygen atoms in total. The molecule has 3 unspecified atom stereocenters. The lowest BCUT2D eigenvalue weighted by Gasteiger charge is -2.39. The predicted molar refractivity (Wildman–Crippen MR) is 167 cm³/mol. The molecule has 1 aromatic heterocycles. The van der Waals surface area contributed by atoms with E-state index in [-0.39, 0.29) is 18.5 Å². The maximum absolute atomic E-state index is 14.7. The zero-order valence-electron chi connectivity index (χ0n) is 23.9. The number of carbonyl (C=O) groups excluding carboxylic acids is 2. The highest BCUT2D eigenvalue weighted by molar-refractivity contribution is 6.13. The molecule has 7 heteroatoms. The Morgan fingerprint density at radius 3 is 2.45 bits per heavy atom. The van der Waals surface area contributed by atoms with Gasteiger partial charge in [0.1, 0.15) is 5.92 Å². The molecule has 2 aliphatic heterocycles.